The maximum Gasteiger partial charge on any atom is 0.166 e. The first kappa shape index (κ1) is 14.8. The van der Waals surface area contributed by atoms with Crippen molar-refractivity contribution in [1.29, 1.82) is 5.26 Å². The second-order valence-corrected chi connectivity index (χ2v) is 4.37. The molecule has 0 amide bonds. The van der Waals surface area contributed by atoms with Gasteiger partial charge in [-0.25, -0.2) is 4.39 Å². The molecule has 0 bridgehead atoms. The molecule has 0 saturated carbocycles. The average molecular weight is 286 g/mol. The highest BCUT2D eigenvalue weighted by molar-refractivity contribution is 5.37. The molecule has 0 aromatic heterocycles. The van der Waals surface area contributed by atoms with Gasteiger partial charge in [0.2, 0.25) is 0 Å². The highest BCUT2D eigenvalue weighted by Crippen LogP contribution is 2.26. The number of hydrogen-bond donors (Lipinski definition) is 1. The fraction of sp³-hybridized carbons (Fsp3) is 0.188. The van der Waals surface area contributed by atoms with E-state index in [0.717, 1.165) is 17.4 Å². The third kappa shape index (κ3) is 3.50. The average Bonchev–Trinajstić information content (AvgIpc) is 2.54. The van der Waals surface area contributed by atoms with E-state index in [-0.39, 0.29) is 17.9 Å². The normalized spacial score (nSPS) is 11.5. The molecule has 5 heteroatoms. The van der Waals surface area contributed by atoms with Crippen LogP contribution in [-0.4, -0.2) is 13.7 Å². The Kier molecular flexibility index (Phi) is 4.75. The van der Waals surface area contributed by atoms with Gasteiger partial charge in [-0.1, -0.05) is 12.1 Å². The summed E-state index contributed by atoms with van der Waals surface area (Å²) in [5.41, 5.74) is 6.76. The van der Waals surface area contributed by atoms with E-state index in [1.807, 2.05) is 18.2 Å². The summed E-state index contributed by atoms with van der Waals surface area (Å²) >= 11 is 0. The van der Waals surface area contributed by atoms with Crippen LogP contribution >= 0.6 is 0 Å². The summed E-state index contributed by atoms with van der Waals surface area (Å²) in [6, 6.07) is 13.2. The van der Waals surface area contributed by atoms with Crippen molar-refractivity contribution >= 4 is 0 Å². The summed E-state index contributed by atoms with van der Waals surface area (Å²) in [5.74, 6) is 0.209. The van der Waals surface area contributed by atoms with Gasteiger partial charge in [0.05, 0.1) is 18.7 Å². The van der Waals surface area contributed by atoms with Crippen molar-refractivity contribution in [3.05, 3.63) is 59.4 Å². The lowest BCUT2D eigenvalue weighted by Crippen LogP contribution is -2.18. The van der Waals surface area contributed by atoms with Crippen LogP contribution in [-0.2, 0) is 0 Å². The van der Waals surface area contributed by atoms with Gasteiger partial charge in [0.1, 0.15) is 11.9 Å². The molecule has 2 aromatic carbocycles. The van der Waals surface area contributed by atoms with Crippen molar-refractivity contribution in [3.8, 4) is 17.6 Å². The Labute approximate surface area is 122 Å². The van der Waals surface area contributed by atoms with Crippen LogP contribution in [0, 0.1) is 17.1 Å². The Morgan fingerprint density at radius 3 is 2.48 bits per heavy atom. The Morgan fingerprint density at radius 2 is 1.95 bits per heavy atom. The lowest BCUT2D eigenvalue weighted by atomic mass is 10.1. The SMILES string of the molecule is COc1ccc(C(CN)Oc2ccc(C#N)cc2F)cc1. The molecule has 0 fully saturated rings. The summed E-state index contributed by atoms with van der Waals surface area (Å²) in [7, 11) is 1.58. The van der Waals surface area contributed by atoms with E-state index in [2.05, 4.69) is 0 Å². The maximum atomic E-state index is 13.8. The molecular formula is C16H15FN2O2. The summed E-state index contributed by atoms with van der Waals surface area (Å²) in [6.07, 6.45) is -0.474. The molecule has 2 aromatic rings. The third-order valence-corrected chi connectivity index (χ3v) is 3.03. The smallest absolute Gasteiger partial charge is 0.166 e. The number of nitriles is 1. The number of halogens is 1. The largest absolute Gasteiger partial charge is 0.497 e. The topological polar surface area (TPSA) is 68.3 Å². The van der Waals surface area contributed by atoms with Crippen LogP contribution < -0.4 is 15.2 Å². The molecule has 2 N–H and O–H groups in total. The molecule has 0 aliphatic heterocycles. The zero-order chi connectivity index (χ0) is 15.2. The summed E-state index contributed by atoms with van der Waals surface area (Å²) in [5, 5.41) is 8.72. The van der Waals surface area contributed by atoms with E-state index in [1.165, 1.54) is 12.1 Å². The monoisotopic (exact) mass is 286 g/mol. The van der Waals surface area contributed by atoms with Gasteiger partial charge in [-0.15, -0.1) is 0 Å². The number of methoxy groups -OCH3 is 1. The Balaban J connectivity index is 2.20. The van der Waals surface area contributed by atoms with Crippen molar-refractivity contribution in [1.82, 2.24) is 0 Å². The van der Waals surface area contributed by atoms with E-state index >= 15 is 0 Å². The lowest BCUT2D eigenvalue weighted by molar-refractivity contribution is 0.204. The summed E-state index contributed by atoms with van der Waals surface area (Å²) in [4.78, 5) is 0. The van der Waals surface area contributed by atoms with Crippen molar-refractivity contribution in [3.63, 3.8) is 0 Å². The van der Waals surface area contributed by atoms with Gasteiger partial charge in [0.15, 0.2) is 11.6 Å². The Hall–Kier alpha value is -2.58. The van der Waals surface area contributed by atoms with E-state index in [0.29, 0.717) is 0 Å². The first-order valence-corrected chi connectivity index (χ1v) is 6.38. The standard InChI is InChI=1S/C16H15FN2O2/c1-20-13-5-3-12(4-6-13)16(10-19)21-15-7-2-11(9-18)8-14(15)17/h2-8,16H,10,19H2,1H3. The molecule has 108 valence electrons. The van der Waals surface area contributed by atoms with E-state index in [9.17, 15) is 4.39 Å². The van der Waals surface area contributed by atoms with Gasteiger partial charge >= 0.3 is 0 Å². The zero-order valence-corrected chi connectivity index (χ0v) is 11.5. The molecule has 0 radical (unpaired) electrons. The number of nitrogens with two attached hydrogens (primary N) is 1. The molecular weight excluding hydrogens is 271 g/mol. The molecule has 4 nitrogen and oxygen atoms in total. The van der Waals surface area contributed by atoms with E-state index in [1.54, 1.807) is 19.2 Å². The fourth-order valence-corrected chi connectivity index (χ4v) is 1.89. The predicted octanol–water partition coefficient (Wildman–Crippen LogP) is 2.78. The quantitative estimate of drug-likeness (QED) is 0.917. The van der Waals surface area contributed by atoms with Crippen LogP contribution in [0.1, 0.15) is 17.2 Å². The van der Waals surface area contributed by atoms with Crippen LogP contribution in [0.15, 0.2) is 42.5 Å². The highest BCUT2D eigenvalue weighted by atomic mass is 19.1. The summed E-state index contributed by atoms with van der Waals surface area (Å²) in [6.45, 7) is 0.200. The first-order valence-electron chi connectivity index (χ1n) is 6.38. The number of ether oxygens (including phenoxy) is 2. The van der Waals surface area contributed by atoms with Crippen LogP contribution in [0.25, 0.3) is 0 Å². The van der Waals surface area contributed by atoms with Crippen LogP contribution in [0.5, 0.6) is 11.5 Å². The minimum Gasteiger partial charge on any atom is -0.497 e. The number of hydrogen-bond acceptors (Lipinski definition) is 4. The van der Waals surface area contributed by atoms with Crippen LogP contribution in [0.2, 0.25) is 0 Å². The minimum absolute atomic E-state index is 0.0697. The summed E-state index contributed by atoms with van der Waals surface area (Å²) < 4.78 is 24.5. The number of benzene rings is 2. The molecule has 21 heavy (non-hydrogen) atoms. The molecule has 0 aliphatic carbocycles. The molecule has 0 spiro atoms. The van der Waals surface area contributed by atoms with Gasteiger partial charge in [-0.05, 0) is 35.9 Å². The number of nitrogens with zero attached hydrogens (tertiary/aromatic N) is 1. The van der Waals surface area contributed by atoms with Crippen molar-refractivity contribution in [2.24, 2.45) is 5.73 Å². The molecule has 2 rings (SSSR count). The van der Waals surface area contributed by atoms with Crippen molar-refractivity contribution < 1.29 is 13.9 Å². The molecule has 0 heterocycles. The Bertz CT molecular complexity index is 650. The third-order valence-electron chi connectivity index (χ3n) is 3.03. The van der Waals surface area contributed by atoms with Crippen molar-refractivity contribution in [2.75, 3.05) is 13.7 Å². The van der Waals surface area contributed by atoms with Gasteiger partial charge in [-0.3, -0.25) is 0 Å². The van der Waals surface area contributed by atoms with Gasteiger partial charge in [0.25, 0.3) is 0 Å². The molecule has 1 atom stereocenters. The van der Waals surface area contributed by atoms with Gasteiger partial charge < -0.3 is 15.2 Å². The second-order valence-electron chi connectivity index (χ2n) is 4.37. The van der Waals surface area contributed by atoms with Crippen LogP contribution in [0.4, 0.5) is 4.39 Å². The predicted molar refractivity (Wildman–Crippen MR) is 76.5 cm³/mol. The maximum absolute atomic E-state index is 13.8. The van der Waals surface area contributed by atoms with E-state index < -0.39 is 11.9 Å². The molecule has 0 aliphatic rings. The van der Waals surface area contributed by atoms with Crippen molar-refractivity contribution in [2.45, 2.75) is 6.10 Å². The molecule has 1 unspecified atom stereocenters. The van der Waals surface area contributed by atoms with Gasteiger partial charge in [0, 0.05) is 6.54 Å². The highest BCUT2D eigenvalue weighted by Gasteiger charge is 2.14. The number of rotatable bonds is 5. The minimum atomic E-state index is -0.582. The zero-order valence-electron chi connectivity index (χ0n) is 11.5. The van der Waals surface area contributed by atoms with Gasteiger partial charge in [-0.2, -0.15) is 5.26 Å². The Morgan fingerprint density at radius 1 is 1.24 bits per heavy atom. The fourth-order valence-electron chi connectivity index (χ4n) is 1.89. The first-order chi connectivity index (χ1) is 10.2. The molecule has 0 saturated heterocycles. The van der Waals surface area contributed by atoms with Crippen LogP contribution in [0.3, 0.4) is 0 Å². The van der Waals surface area contributed by atoms with E-state index in [4.69, 9.17) is 20.5 Å². The second kappa shape index (κ2) is 6.73. The lowest BCUT2D eigenvalue weighted by Gasteiger charge is -2.18.